The van der Waals surface area contributed by atoms with Crippen molar-refractivity contribution in [3.63, 3.8) is 0 Å². The molecule has 2 heteroatoms. The molecule has 2 atom stereocenters. The summed E-state index contributed by atoms with van der Waals surface area (Å²) in [4.78, 5) is 2.62. The molecular weight excluding hydrogens is 256 g/mol. The second-order valence-electron chi connectivity index (χ2n) is 6.44. The Balaban J connectivity index is 1.43. The molecule has 2 aliphatic heterocycles. The molecule has 0 aromatic heterocycles. The van der Waals surface area contributed by atoms with E-state index >= 15 is 0 Å². The maximum absolute atomic E-state index is 3.51. The third-order valence-electron chi connectivity index (χ3n) is 4.93. The third kappa shape index (κ3) is 2.74. The molecule has 2 heterocycles. The summed E-state index contributed by atoms with van der Waals surface area (Å²) in [6.07, 6.45) is 0. The summed E-state index contributed by atoms with van der Waals surface area (Å²) in [6, 6.07) is 19.7. The SMILES string of the molecule is c1ccc(-c2ccc(CN3C[C@H]4CNC[C@H]4C3)cc2)cc1. The Bertz CT molecular complexity index is 579. The highest BCUT2D eigenvalue weighted by Crippen LogP contribution is 2.28. The lowest BCUT2D eigenvalue weighted by Crippen LogP contribution is -2.25. The molecule has 4 rings (SSSR count). The lowest BCUT2D eigenvalue weighted by atomic mass is 10.0. The standard InChI is InChI=1S/C19H22N2/c1-2-4-16(5-3-1)17-8-6-15(7-9-17)12-21-13-18-10-20-11-19(18)14-21/h1-9,18-20H,10-14H2/t18-,19+. The van der Waals surface area contributed by atoms with Gasteiger partial charge < -0.3 is 5.32 Å². The van der Waals surface area contributed by atoms with E-state index in [0.717, 1.165) is 18.4 Å². The number of likely N-dealkylation sites (tertiary alicyclic amines) is 1. The van der Waals surface area contributed by atoms with Crippen LogP contribution in [0.4, 0.5) is 0 Å². The number of fused-ring (bicyclic) bond motifs is 1. The summed E-state index contributed by atoms with van der Waals surface area (Å²) in [5.41, 5.74) is 4.04. The van der Waals surface area contributed by atoms with Gasteiger partial charge in [0.05, 0.1) is 0 Å². The van der Waals surface area contributed by atoms with E-state index in [1.54, 1.807) is 0 Å². The second kappa shape index (κ2) is 5.63. The van der Waals surface area contributed by atoms with E-state index in [9.17, 15) is 0 Å². The summed E-state index contributed by atoms with van der Waals surface area (Å²) in [5.74, 6) is 1.77. The minimum atomic E-state index is 0.883. The molecule has 21 heavy (non-hydrogen) atoms. The molecule has 0 radical (unpaired) electrons. The zero-order chi connectivity index (χ0) is 14.1. The van der Waals surface area contributed by atoms with Gasteiger partial charge in [0.25, 0.3) is 0 Å². The van der Waals surface area contributed by atoms with Crippen molar-refractivity contribution in [3.8, 4) is 11.1 Å². The van der Waals surface area contributed by atoms with Gasteiger partial charge in [0.1, 0.15) is 0 Å². The zero-order valence-electron chi connectivity index (χ0n) is 12.3. The third-order valence-corrected chi connectivity index (χ3v) is 4.93. The Morgan fingerprint density at radius 3 is 2.10 bits per heavy atom. The van der Waals surface area contributed by atoms with Crippen molar-refractivity contribution in [2.75, 3.05) is 26.2 Å². The number of benzene rings is 2. The summed E-state index contributed by atoms with van der Waals surface area (Å²) in [7, 11) is 0. The van der Waals surface area contributed by atoms with Crippen LogP contribution in [0.2, 0.25) is 0 Å². The number of rotatable bonds is 3. The molecule has 108 valence electrons. The highest BCUT2D eigenvalue weighted by atomic mass is 15.2. The van der Waals surface area contributed by atoms with Crippen LogP contribution in [0.25, 0.3) is 11.1 Å². The van der Waals surface area contributed by atoms with Crippen LogP contribution in [0.15, 0.2) is 54.6 Å². The Labute approximate surface area is 126 Å². The second-order valence-corrected chi connectivity index (χ2v) is 6.44. The molecule has 2 nitrogen and oxygen atoms in total. The van der Waals surface area contributed by atoms with Crippen molar-refractivity contribution >= 4 is 0 Å². The van der Waals surface area contributed by atoms with Gasteiger partial charge in [-0.05, 0) is 41.6 Å². The van der Waals surface area contributed by atoms with Crippen LogP contribution < -0.4 is 5.32 Å². The average molecular weight is 278 g/mol. The Hall–Kier alpha value is -1.64. The molecular formula is C19H22N2. The molecule has 0 spiro atoms. The molecule has 0 amide bonds. The van der Waals surface area contributed by atoms with E-state index in [4.69, 9.17) is 0 Å². The van der Waals surface area contributed by atoms with Gasteiger partial charge in [-0.1, -0.05) is 54.6 Å². The molecule has 2 aromatic carbocycles. The summed E-state index contributed by atoms with van der Waals surface area (Å²) in [5, 5.41) is 3.51. The molecule has 0 aliphatic carbocycles. The number of hydrogen-bond acceptors (Lipinski definition) is 2. The van der Waals surface area contributed by atoms with Gasteiger partial charge in [-0.2, -0.15) is 0 Å². The van der Waals surface area contributed by atoms with Crippen molar-refractivity contribution in [2.45, 2.75) is 6.54 Å². The number of hydrogen-bond donors (Lipinski definition) is 1. The predicted octanol–water partition coefficient (Wildman–Crippen LogP) is 3.00. The van der Waals surface area contributed by atoms with E-state index in [1.165, 1.54) is 42.9 Å². The lowest BCUT2D eigenvalue weighted by molar-refractivity contribution is 0.305. The van der Waals surface area contributed by atoms with Crippen LogP contribution in [0.5, 0.6) is 0 Å². The van der Waals surface area contributed by atoms with Crippen LogP contribution in [0.3, 0.4) is 0 Å². The summed E-state index contributed by atoms with van der Waals surface area (Å²) in [6.45, 7) is 6.06. The fourth-order valence-corrected chi connectivity index (χ4v) is 3.77. The highest BCUT2D eigenvalue weighted by Gasteiger charge is 2.35. The molecule has 0 saturated carbocycles. The first kappa shape index (κ1) is 13.1. The maximum Gasteiger partial charge on any atom is 0.0233 e. The molecule has 0 bridgehead atoms. The molecule has 0 unspecified atom stereocenters. The minimum absolute atomic E-state index is 0.883. The molecule has 2 aliphatic rings. The predicted molar refractivity (Wildman–Crippen MR) is 87.0 cm³/mol. The van der Waals surface area contributed by atoms with Crippen LogP contribution in [-0.4, -0.2) is 31.1 Å². The van der Waals surface area contributed by atoms with Crippen molar-refractivity contribution < 1.29 is 0 Å². The molecule has 2 aromatic rings. The van der Waals surface area contributed by atoms with E-state index in [1.807, 2.05) is 0 Å². The fourth-order valence-electron chi connectivity index (χ4n) is 3.77. The van der Waals surface area contributed by atoms with E-state index in [0.29, 0.717) is 0 Å². The van der Waals surface area contributed by atoms with Gasteiger partial charge >= 0.3 is 0 Å². The monoisotopic (exact) mass is 278 g/mol. The number of nitrogens with one attached hydrogen (secondary N) is 1. The highest BCUT2D eigenvalue weighted by molar-refractivity contribution is 5.63. The van der Waals surface area contributed by atoms with Crippen LogP contribution >= 0.6 is 0 Å². The smallest absolute Gasteiger partial charge is 0.0233 e. The Morgan fingerprint density at radius 1 is 0.810 bits per heavy atom. The quantitative estimate of drug-likeness (QED) is 0.928. The van der Waals surface area contributed by atoms with E-state index in [-0.39, 0.29) is 0 Å². The van der Waals surface area contributed by atoms with Crippen molar-refractivity contribution in [1.82, 2.24) is 10.2 Å². The number of nitrogens with zero attached hydrogens (tertiary/aromatic N) is 1. The largest absolute Gasteiger partial charge is 0.316 e. The van der Waals surface area contributed by atoms with Crippen LogP contribution in [0, 0.1) is 11.8 Å². The van der Waals surface area contributed by atoms with Crippen LogP contribution in [0.1, 0.15) is 5.56 Å². The van der Waals surface area contributed by atoms with E-state index < -0.39 is 0 Å². The van der Waals surface area contributed by atoms with Gasteiger partial charge in [-0.3, -0.25) is 4.90 Å². The Morgan fingerprint density at radius 2 is 1.43 bits per heavy atom. The van der Waals surface area contributed by atoms with Crippen molar-refractivity contribution in [3.05, 3.63) is 60.2 Å². The topological polar surface area (TPSA) is 15.3 Å². The van der Waals surface area contributed by atoms with Gasteiger partial charge in [0, 0.05) is 19.6 Å². The van der Waals surface area contributed by atoms with Crippen molar-refractivity contribution in [2.24, 2.45) is 11.8 Å². The molecule has 2 fully saturated rings. The molecule has 2 saturated heterocycles. The van der Waals surface area contributed by atoms with Gasteiger partial charge in [0.2, 0.25) is 0 Å². The fraction of sp³-hybridized carbons (Fsp3) is 0.368. The zero-order valence-corrected chi connectivity index (χ0v) is 12.3. The van der Waals surface area contributed by atoms with Gasteiger partial charge in [-0.15, -0.1) is 0 Å². The maximum atomic E-state index is 3.51. The Kier molecular flexibility index (Phi) is 3.50. The lowest BCUT2D eigenvalue weighted by Gasteiger charge is -2.17. The van der Waals surface area contributed by atoms with Crippen molar-refractivity contribution in [1.29, 1.82) is 0 Å². The first-order valence-corrected chi connectivity index (χ1v) is 7.96. The van der Waals surface area contributed by atoms with E-state index in [2.05, 4.69) is 64.8 Å². The summed E-state index contributed by atoms with van der Waals surface area (Å²) >= 11 is 0. The normalized spacial score (nSPS) is 25.1. The first-order valence-electron chi connectivity index (χ1n) is 7.96. The first-order chi connectivity index (χ1) is 10.4. The van der Waals surface area contributed by atoms with Crippen LogP contribution in [-0.2, 0) is 6.54 Å². The minimum Gasteiger partial charge on any atom is -0.316 e. The van der Waals surface area contributed by atoms with Gasteiger partial charge in [0.15, 0.2) is 0 Å². The van der Waals surface area contributed by atoms with Gasteiger partial charge in [-0.25, -0.2) is 0 Å². The summed E-state index contributed by atoms with van der Waals surface area (Å²) < 4.78 is 0. The molecule has 1 N–H and O–H groups in total. The average Bonchev–Trinajstić information content (AvgIpc) is 3.10.